The average molecular weight is 236 g/mol. The highest BCUT2D eigenvalue weighted by molar-refractivity contribution is 5.95. The molecule has 4 nitrogen and oxygen atoms in total. The summed E-state index contributed by atoms with van der Waals surface area (Å²) in [6.07, 6.45) is 0.274. The molecule has 0 bridgehead atoms. The van der Waals surface area contributed by atoms with Crippen molar-refractivity contribution in [3.63, 3.8) is 0 Å². The van der Waals surface area contributed by atoms with Gasteiger partial charge in [-0.2, -0.15) is 0 Å². The Kier molecular flexibility index (Phi) is 3.08. The molecule has 2 amide bonds. The van der Waals surface area contributed by atoms with Gasteiger partial charge in [-0.3, -0.25) is 9.59 Å². The smallest absolute Gasteiger partial charge is 0.254 e. The maximum atomic E-state index is 13.3. The van der Waals surface area contributed by atoms with Crippen LogP contribution in [-0.2, 0) is 4.79 Å². The fourth-order valence-electron chi connectivity index (χ4n) is 1.87. The molecule has 1 unspecified atom stereocenters. The second-order valence-corrected chi connectivity index (χ2v) is 4.13. The first kappa shape index (κ1) is 11.6. The lowest BCUT2D eigenvalue weighted by Crippen LogP contribution is -2.36. The van der Waals surface area contributed by atoms with Crippen LogP contribution in [0.25, 0.3) is 0 Å². The molecule has 1 aliphatic rings. The number of rotatable bonds is 2. The van der Waals surface area contributed by atoms with E-state index in [0.29, 0.717) is 6.54 Å². The molecule has 0 aromatic heterocycles. The van der Waals surface area contributed by atoms with E-state index in [1.165, 1.54) is 18.2 Å². The highest BCUT2D eigenvalue weighted by Gasteiger charge is 2.28. The summed E-state index contributed by atoms with van der Waals surface area (Å²) < 4.78 is 13.3. The molecule has 1 fully saturated rings. The second-order valence-electron chi connectivity index (χ2n) is 4.13. The molecule has 1 heterocycles. The number of benzene rings is 1. The number of hydrogen-bond acceptors (Lipinski definition) is 2. The maximum absolute atomic E-state index is 13.3. The first-order valence-corrected chi connectivity index (χ1v) is 5.37. The zero-order valence-corrected chi connectivity index (χ0v) is 9.44. The van der Waals surface area contributed by atoms with Crippen molar-refractivity contribution in [2.75, 3.05) is 13.6 Å². The Labute approximate surface area is 98.4 Å². The molecule has 5 heteroatoms. The fraction of sp³-hybridized carbons (Fsp3) is 0.333. The van der Waals surface area contributed by atoms with Crippen molar-refractivity contribution in [3.05, 3.63) is 35.6 Å². The Morgan fingerprint density at radius 3 is 2.76 bits per heavy atom. The summed E-state index contributed by atoms with van der Waals surface area (Å²) >= 11 is 0. The van der Waals surface area contributed by atoms with Crippen LogP contribution < -0.4 is 5.32 Å². The summed E-state index contributed by atoms with van der Waals surface area (Å²) in [5, 5.41) is 2.66. The molecular weight excluding hydrogens is 223 g/mol. The number of carbonyl (C=O) groups excluding carboxylic acids is 2. The van der Waals surface area contributed by atoms with Crippen LogP contribution in [0.4, 0.5) is 4.39 Å². The molecule has 1 aromatic rings. The van der Waals surface area contributed by atoms with Gasteiger partial charge < -0.3 is 10.2 Å². The fourth-order valence-corrected chi connectivity index (χ4v) is 1.87. The van der Waals surface area contributed by atoms with Gasteiger partial charge in [0, 0.05) is 20.0 Å². The molecule has 0 radical (unpaired) electrons. The molecule has 1 aromatic carbocycles. The van der Waals surface area contributed by atoms with Crippen LogP contribution in [0.15, 0.2) is 24.3 Å². The normalized spacial score (nSPS) is 19.5. The summed E-state index contributed by atoms with van der Waals surface area (Å²) in [6, 6.07) is 5.55. The zero-order valence-electron chi connectivity index (χ0n) is 9.44. The van der Waals surface area contributed by atoms with Crippen LogP contribution in [0.2, 0.25) is 0 Å². The Morgan fingerprint density at radius 1 is 1.47 bits per heavy atom. The molecule has 2 rings (SSSR count). The van der Waals surface area contributed by atoms with E-state index >= 15 is 0 Å². The van der Waals surface area contributed by atoms with Gasteiger partial charge >= 0.3 is 0 Å². The number of nitrogens with zero attached hydrogens (tertiary/aromatic N) is 1. The van der Waals surface area contributed by atoms with Crippen molar-refractivity contribution < 1.29 is 14.0 Å². The number of nitrogens with one attached hydrogen (secondary N) is 1. The number of hydrogen-bond donors (Lipinski definition) is 1. The van der Waals surface area contributed by atoms with Crippen molar-refractivity contribution in [1.82, 2.24) is 10.2 Å². The SMILES string of the molecule is CN1CC(NC(=O)c2ccccc2F)CC1=O. The summed E-state index contributed by atoms with van der Waals surface area (Å²) in [5.41, 5.74) is 0.00880. The molecule has 90 valence electrons. The molecule has 1 aliphatic heterocycles. The van der Waals surface area contributed by atoms with E-state index < -0.39 is 11.7 Å². The lowest BCUT2D eigenvalue weighted by molar-refractivity contribution is -0.126. The number of carbonyl (C=O) groups is 2. The van der Waals surface area contributed by atoms with Gasteiger partial charge in [-0.25, -0.2) is 4.39 Å². The van der Waals surface area contributed by atoms with Crippen molar-refractivity contribution in [2.24, 2.45) is 0 Å². The number of likely N-dealkylation sites (N-methyl/N-ethyl adjacent to an activating group) is 1. The minimum atomic E-state index is -0.553. The van der Waals surface area contributed by atoms with Gasteiger partial charge in [0.2, 0.25) is 5.91 Å². The number of amides is 2. The molecule has 1 N–H and O–H groups in total. The second kappa shape index (κ2) is 4.53. The van der Waals surface area contributed by atoms with Gasteiger partial charge in [-0.1, -0.05) is 12.1 Å². The van der Waals surface area contributed by atoms with Crippen molar-refractivity contribution in [3.8, 4) is 0 Å². The number of halogens is 1. The van der Waals surface area contributed by atoms with E-state index in [2.05, 4.69) is 5.32 Å². The topological polar surface area (TPSA) is 49.4 Å². The van der Waals surface area contributed by atoms with Gasteiger partial charge in [-0.05, 0) is 12.1 Å². The zero-order chi connectivity index (χ0) is 12.4. The van der Waals surface area contributed by atoms with Crippen molar-refractivity contribution in [1.29, 1.82) is 0 Å². The highest BCUT2D eigenvalue weighted by atomic mass is 19.1. The molecule has 0 saturated carbocycles. The van der Waals surface area contributed by atoms with Gasteiger partial charge in [0.05, 0.1) is 11.6 Å². The lowest BCUT2D eigenvalue weighted by Gasteiger charge is -2.12. The summed E-state index contributed by atoms with van der Waals surface area (Å²) in [4.78, 5) is 24.6. The van der Waals surface area contributed by atoms with Crippen molar-refractivity contribution in [2.45, 2.75) is 12.5 Å². The monoisotopic (exact) mass is 236 g/mol. The Morgan fingerprint density at radius 2 is 2.18 bits per heavy atom. The summed E-state index contributed by atoms with van der Waals surface area (Å²) in [7, 11) is 1.68. The summed E-state index contributed by atoms with van der Waals surface area (Å²) in [5.74, 6) is -1.04. The quantitative estimate of drug-likeness (QED) is 0.825. The third-order valence-corrected chi connectivity index (χ3v) is 2.79. The Balaban J connectivity index is 2.03. The van der Waals surface area contributed by atoms with Crippen LogP contribution in [0, 0.1) is 5.82 Å². The highest BCUT2D eigenvalue weighted by Crippen LogP contribution is 2.11. The van der Waals surface area contributed by atoms with Crippen LogP contribution in [0.5, 0.6) is 0 Å². The maximum Gasteiger partial charge on any atom is 0.254 e. The minimum absolute atomic E-state index is 0.00880. The van der Waals surface area contributed by atoms with E-state index in [4.69, 9.17) is 0 Å². The Hall–Kier alpha value is -1.91. The summed E-state index contributed by atoms with van der Waals surface area (Å²) in [6.45, 7) is 0.471. The first-order valence-electron chi connectivity index (χ1n) is 5.37. The Bertz CT molecular complexity index is 462. The molecule has 0 aliphatic carbocycles. The third kappa shape index (κ3) is 2.43. The molecular formula is C12H13FN2O2. The number of likely N-dealkylation sites (tertiary alicyclic amines) is 1. The average Bonchev–Trinajstić information content (AvgIpc) is 2.58. The third-order valence-electron chi connectivity index (χ3n) is 2.79. The van der Waals surface area contributed by atoms with E-state index in [1.807, 2.05) is 0 Å². The van der Waals surface area contributed by atoms with Crippen LogP contribution in [0.1, 0.15) is 16.8 Å². The first-order chi connectivity index (χ1) is 8.08. The van der Waals surface area contributed by atoms with E-state index in [1.54, 1.807) is 18.0 Å². The van der Waals surface area contributed by atoms with E-state index in [0.717, 1.165) is 0 Å². The molecule has 1 atom stereocenters. The standard InChI is InChI=1S/C12H13FN2O2/c1-15-7-8(6-11(15)16)14-12(17)9-4-2-3-5-10(9)13/h2-5,8H,6-7H2,1H3,(H,14,17). The van der Waals surface area contributed by atoms with Gasteiger partial charge in [0.15, 0.2) is 0 Å². The minimum Gasteiger partial charge on any atom is -0.347 e. The van der Waals surface area contributed by atoms with Crippen LogP contribution in [-0.4, -0.2) is 36.3 Å². The van der Waals surface area contributed by atoms with Gasteiger partial charge in [0.1, 0.15) is 5.82 Å². The largest absolute Gasteiger partial charge is 0.347 e. The van der Waals surface area contributed by atoms with E-state index in [9.17, 15) is 14.0 Å². The van der Waals surface area contributed by atoms with Gasteiger partial charge in [-0.15, -0.1) is 0 Å². The van der Waals surface area contributed by atoms with Crippen LogP contribution in [0.3, 0.4) is 0 Å². The van der Waals surface area contributed by atoms with Gasteiger partial charge in [0.25, 0.3) is 5.91 Å². The van der Waals surface area contributed by atoms with Crippen molar-refractivity contribution >= 4 is 11.8 Å². The van der Waals surface area contributed by atoms with E-state index in [-0.39, 0.29) is 23.9 Å². The molecule has 17 heavy (non-hydrogen) atoms. The molecule has 0 spiro atoms. The van der Waals surface area contributed by atoms with Crippen LogP contribution >= 0.6 is 0 Å². The lowest BCUT2D eigenvalue weighted by atomic mass is 10.1. The predicted molar refractivity (Wildman–Crippen MR) is 59.9 cm³/mol. The molecule has 1 saturated heterocycles. The predicted octanol–water partition coefficient (Wildman–Crippen LogP) is 0.786.